The maximum absolute atomic E-state index is 13.9. The van der Waals surface area contributed by atoms with Gasteiger partial charge in [-0.1, -0.05) is 84.4 Å². The van der Waals surface area contributed by atoms with E-state index in [2.05, 4.69) is 5.32 Å². The predicted molar refractivity (Wildman–Crippen MR) is 157 cm³/mol. The van der Waals surface area contributed by atoms with Crippen LogP contribution in [-0.4, -0.2) is 43.7 Å². The molecule has 0 saturated heterocycles. The first kappa shape index (κ1) is 28.4. The van der Waals surface area contributed by atoms with Crippen molar-refractivity contribution in [2.24, 2.45) is 0 Å². The SMILES string of the molecule is O=C(NCc1ccccc1)[C@H]1CN(C(=O)CN(Cc2ccccc2)S(=O)(=O)c2ccc(Cl)cc2)c2ccccc2O1. The van der Waals surface area contributed by atoms with E-state index in [1.165, 1.54) is 29.2 Å². The molecule has 0 unspecified atom stereocenters. The summed E-state index contributed by atoms with van der Waals surface area (Å²) in [4.78, 5) is 28.4. The lowest BCUT2D eigenvalue weighted by Gasteiger charge is -2.35. The fourth-order valence-corrected chi connectivity index (χ4v) is 6.01. The Kier molecular flexibility index (Phi) is 8.68. The van der Waals surface area contributed by atoms with Crippen LogP contribution in [-0.2, 0) is 32.7 Å². The lowest BCUT2D eigenvalue weighted by atomic mass is 10.1. The maximum atomic E-state index is 13.9. The topological polar surface area (TPSA) is 96.0 Å². The third kappa shape index (κ3) is 6.77. The quantitative estimate of drug-likeness (QED) is 0.307. The number of hydrogen-bond acceptors (Lipinski definition) is 5. The smallest absolute Gasteiger partial charge is 0.263 e. The second kappa shape index (κ2) is 12.6. The van der Waals surface area contributed by atoms with Crippen LogP contribution in [0.3, 0.4) is 0 Å². The Hall–Kier alpha value is -4.18. The van der Waals surface area contributed by atoms with Crippen molar-refractivity contribution in [1.82, 2.24) is 9.62 Å². The lowest BCUT2D eigenvalue weighted by molar-refractivity contribution is -0.128. The number of nitrogens with one attached hydrogen (secondary N) is 1. The van der Waals surface area contributed by atoms with Gasteiger partial charge in [0, 0.05) is 18.1 Å². The van der Waals surface area contributed by atoms with Crippen molar-refractivity contribution in [3.63, 3.8) is 0 Å². The standard InChI is InChI=1S/C31H28ClN3O5S/c32-25-15-17-26(18-16-25)41(38,39)34(20-24-11-5-2-6-12-24)22-30(36)35-21-29(40-28-14-8-7-13-27(28)35)31(37)33-19-23-9-3-1-4-10-23/h1-18,29H,19-22H2,(H,33,37)/t29-/m1/s1. The molecule has 0 saturated carbocycles. The zero-order valence-electron chi connectivity index (χ0n) is 22.0. The van der Waals surface area contributed by atoms with Crippen LogP contribution in [0.5, 0.6) is 5.75 Å². The molecule has 5 rings (SSSR count). The van der Waals surface area contributed by atoms with Gasteiger partial charge in [-0.25, -0.2) is 8.42 Å². The zero-order chi connectivity index (χ0) is 28.8. The second-order valence-corrected chi connectivity index (χ2v) is 11.9. The average Bonchev–Trinajstić information content (AvgIpc) is 3.00. The van der Waals surface area contributed by atoms with Gasteiger partial charge in [0.1, 0.15) is 5.75 Å². The van der Waals surface area contributed by atoms with E-state index >= 15 is 0 Å². The van der Waals surface area contributed by atoms with E-state index in [9.17, 15) is 18.0 Å². The molecule has 1 N–H and O–H groups in total. The van der Waals surface area contributed by atoms with Gasteiger partial charge in [-0.2, -0.15) is 4.31 Å². The first-order chi connectivity index (χ1) is 19.8. The van der Waals surface area contributed by atoms with Crippen LogP contribution in [0.15, 0.2) is 114 Å². The molecule has 1 atom stereocenters. The fourth-order valence-electron chi connectivity index (χ4n) is 4.51. The van der Waals surface area contributed by atoms with Gasteiger partial charge in [0.25, 0.3) is 5.91 Å². The number of anilines is 1. The number of halogens is 1. The first-order valence-electron chi connectivity index (χ1n) is 13.0. The van der Waals surface area contributed by atoms with Crippen molar-refractivity contribution < 1.29 is 22.7 Å². The normalized spacial score (nSPS) is 14.7. The van der Waals surface area contributed by atoms with Gasteiger partial charge in [-0.15, -0.1) is 0 Å². The van der Waals surface area contributed by atoms with Crippen LogP contribution in [0.1, 0.15) is 11.1 Å². The summed E-state index contributed by atoms with van der Waals surface area (Å²) in [5.41, 5.74) is 2.11. The van der Waals surface area contributed by atoms with Crippen LogP contribution >= 0.6 is 11.6 Å². The Morgan fingerprint density at radius 2 is 1.46 bits per heavy atom. The monoisotopic (exact) mass is 589 g/mol. The molecule has 0 spiro atoms. The van der Waals surface area contributed by atoms with Crippen molar-refractivity contribution in [1.29, 1.82) is 0 Å². The Morgan fingerprint density at radius 3 is 2.15 bits per heavy atom. The molecule has 10 heteroatoms. The Balaban J connectivity index is 1.40. The highest BCUT2D eigenvalue weighted by atomic mass is 35.5. The maximum Gasteiger partial charge on any atom is 0.263 e. The average molecular weight is 590 g/mol. The third-order valence-corrected chi connectivity index (χ3v) is 8.70. The van der Waals surface area contributed by atoms with E-state index in [0.29, 0.717) is 23.0 Å². The number of hydrogen-bond donors (Lipinski definition) is 1. The van der Waals surface area contributed by atoms with Gasteiger partial charge in [-0.05, 0) is 47.5 Å². The van der Waals surface area contributed by atoms with Crippen molar-refractivity contribution in [2.75, 3.05) is 18.0 Å². The van der Waals surface area contributed by atoms with E-state index in [-0.39, 0.29) is 23.9 Å². The van der Waals surface area contributed by atoms with E-state index in [0.717, 1.165) is 15.4 Å². The Bertz CT molecular complexity index is 1620. The van der Waals surface area contributed by atoms with Gasteiger partial charge >= 0.3 is 0 Å². The summed E-state index contributed by atoms with van der Waals surface area (Å²) in [6.45, 7) is -0.243. The zero-order valence-corrected chi connectivity index (χ0v) is 23.6. The molecular weight excluding hydrogens is 562 g/mol. The highest BCUT2D eigenvalue weighted by molar-refractivity contribution is 7.89. The minimum atomic E-state index is -4.08. The summed E-state index contributed by atoms with van der Waals surface area (Å²) >= 11 is 5.99. The van der Waals surface area contributed by atoms with Crippen LogP contribution in [0, 0.1) is 0 Å². The first-order valence-corrected chi connectivity index (χ1v) is 14.8. The van der Waals surface area contributed by atoms with Crippen LogP contribution < -0.4 is 15.0 Å². The molecule has 1 heterocycles. The van der Waals surface area contributed by atoms with E-state index in [4.69, 9.17) is 16.3 Å². The molecule has 2 amide bonds. The van der Waals surface area contributed by atoms with Crippen molar-refractivity contribution in [3.8, 4) is 5.75 Å². The fraction of sp³-hybridized carbons (Fsp3) is 0.161. The molecule has 4 aromatic carbocycles. The Labute approximate surface area is 244 Å². The number of sulfonamides is 1. The molecule has 41 heavy (non-hydrogen) atoms. The number of benzene rings is 4. The number of carbonyl (C=O) groups excluding carboxylic acids is 2. The highest BCUT2D eigenvalue weighted by Crippen LogP contribution is 2.34. The number of nitrogens with zero attached hydrogens (tertiary/aromatic N) is 2. The predicted octanol–water partition coefficient (Wildman–Crippen LogP) is 4.64. The highest BCUT2D eigenvalue weighted by Gasteiger charge is 2.36. The van der Waals surface area contributed by atoms with E-state index in [1.54, 1.807) is 48.5 Å². The number of amides is 2. The van der Waals surface area contributed by atoms with Gasteiger partial charge in [-0.3, -0.25) is 9.59 Å². The number of ether oxygens (including phenoxy) is 1. The minimum absolute atomic E-state index is 0.0196. The minimum Gasteiger partial charge on any atom is -0.477 e. The summed E-state index contributed by atoms with van der Waals surface area (Å²) in [5, 5.41) is 3.26. The summed E-state index contributed by atoms with van der Waals surface area (Å²) < 4.78 is 34.6. The summed E-state index contributed by atoms with van der Waals surface area (Å²) in [7, 11) is -4.08. The van der Waals surface area contributed by atoms with Gasteiger partial charge in [0.05, 0.1) is 23.7 Å². The number of fused-ring (bicyclic) bond motifs is 1. The van der Waals surface area contributed by atoms with Crippen LogP contribution in [0.4, 0.5) is 5.69 Å². The summed E-state index contributed by atoms with van der Waals surface area (Å²) in [6.07, 6.45) is -0.979. The van der Waals surface area contributed by atoms with E-state index < -0.39 is 28.6 Å². The largest absolute Gasteiger partial charge is 0.477 e. The molecule has 8 nitrogen and oxygen atoms in total. The second-order valence-electron chi connectivity index (χ2n) is 9.49. The van der Waals surface area contributed by atoms with Gasteiger partial charge in [0.2, 0.25) is 15.9 Å². The van der Waals surface area contributed by atoms with Crippen molar-refractivity contribution >= 4 is 39.1 Å². The lowest BCUT2D eigenvalue weighted by Crippen LogP contribution is -2.52. The van der Waals surface area contributed by atoms with Crippen LogP contribution in [0.25, 0.3) is 0 Å². The number of para-hydroxylation sites is 2. The molecule has 0 bridgehead atoms. The molecule has 0 aliphatic carbocycles. The van der Waals surface area contributed by atoms with Crippen LogP contribution in [0.2, 0.25) is 5.02 Å². The molecule has 1 aliphatic heterocycles. The molecule has 1 aliphatic rings. The van der Waals surface area contributed by atoms with Crippen molar-refractivity contribution in [2.45, 2.75) is 24.1 Å². The molecular formula is C31H28ClN3O5S. The van der Waals surface area contributed by atoms with E-state index in [1.807, 2.05) is 36.4 Å². The summed E-state index contributed by atoms with van der Waals surface area (Å²) in [6, 6.07) is 31.2. The molecule has 0 radical (unpaired) electrons. The molecule has 210 valence electrons. The molecule has 0 fully saturated rings. The molecule has 0 aromatic heterocycles. The van der Waals surface area contributed by atoms with Crippen molar-refractivity contribution in [3.05, 3.63) is 125 Å². The van der Waals surface area contributed by atoms with Gasteiger partial charge < -0.3 is 15.0 Å². The number of carbonyl (C=O) groups is 2. The Morgan fingerprint density at radius 1 is 0.854 bits per heavy atom. The molecule has 4 aromatic rings. The summed E-state index contributed by atoms with van der Waals surface area (Å²) in [5.74, 6) is -0.506. The van der Waals surface area contributed by atoms with Gasteiger partial charge in [0.15, 0.2) is 6.10 Å². The number of rotatable bonds is 9. The third-order valence-electron chi connectivity index (χ3n) is 6.64.